The van der Waals surface area contributed by atoms with Gasteiger partial charge in [0.05, 0.1) is 13.7 Å². The number of ether oxygens (including phenoxy) is 2. The maximum Gasteiger partial charge on any atom is 0.119 e. The van der Waals surface area contributed by atoms with Gasteiger partial charge in [0.15, 0.2) is 0 Å². The third-order valence-corrected chi connectivity index (χ3v) is 4.96. The summed E-state index contributed by atoms with van der Waals surface area (Å²) in [6.45, 7) is 11.9. The summed E-state index contributed by atoms with van der Waals surface area (Å²) in [6, 6.07) is 16.2. The molecule has 0 radical (unpaired) electrons. The second-order valence-electron chi connectivity index (χ2n) is 7.81. The van der Waals surface area contributed by atoms with Gasteiger partial charge in [-0.25, -0.2) is 0 Å². The first kappa shape index (κ1) is 21.1. The molecule has 0 heterocycles. The fraction of sp³-hybridized carbons (Fsp3) is 0.440. The van der Waals surface area contributed by atoms with E-state index in [4.69, 9.17) is 9.47 Å². The van der Waals surface area contributed by atoms with E-state index in [0.29, 0.717) is 5.92 Å². The summed E-state index contributed by atoms with van der Waals surface area (Å²) < 4.78 is 11.3. The van der Waals surface area contributed by atoms with Crippen LogP contribution in [-0.4, -0.2) is 13.7 Å². The molecule has 2 nitrogen and oxygen atoms in total. The summed E-state index contributed by atoms with van der Waals surface area (Å²) in [5, 5.41) is 0. The van der Waals surface area contributed by atoms with Crippen molar-refractivity contribution in [2.45, 2.75) is 46.5 Å². The van der Waals surface area contributed by atoms with Crippen LogP contribution < -0.4 is 9.47 Å². The van der Waals surface area contributed by atoms with Crippen LogP contribution in [0.15, 0.2) is 55.1 Å². The van der Waals surface area contributed by atoms with E-state index in [9.17, 15) is 0 Å². The van der Waals surface area contributed by atoms with E-state index >= 15 is 0 Å². The molecule has 27 heavy (non-hydrogen) atoms. The molecule has 2 rings (SSSR count). The number of rotatable bonds is 11. The molecule has 146 valence electrons. The number of benzene rings is 2. The summed E-state index contributed by atoms with van der Waals surface area (Å²) in [6.07, 6.45) is 5.02. The van der Waals surface area contributed by atoms with Crippen LogP contribution in [0.25, 0.3) is 5.57 Å². The lowest BCUT2D eigenvalue weighted by Gasteiger charge is -2.14. The first-order valence-electron chi connectivity index (χ1n) is 10.1. The van der Waals surface area contributed by atoms with Gasteiger partial charge in [-0.05, 0) is 59.2 Å². The highest BCUT2D eigenvalue weighted by Crippen LogP contribution is 2.27. The second-order valence-corrected chi connectivity index (χ2v) is 7.81. The van der Waals surface area contributed by atoms with E-state index in [0.717, 1.165) is 47.1 Å². The Kier molecular flexibility index (Phi) is 8.44. The molecular weight excluding hydrogens is 332 g/mol. The summed E-state index contributed by atoms with van der Waals surface area (Å²) in [5.74, 6) is 3.26. The van der Waals surface area contributed by atoms with Crippen molar-refractivity contribution < 1.29 is 9.47 Å². The second kappa shape index (κ2) is 10.8. The Balaban J connectivity index is 1.88. The molecule has 2 heteroatoms. The zero-order valence-electron chi connectivity index (χ0n) is 17.3. The van der Waals surface area contributed by atoms with E-state index in [2.05, 4.69) is 45.5 Å². The van der Waals surface area contributed by atoms with Crippen LogP contribution in [0.2, 0.25) is 0 Å². The van der Waals surface area contributed by atoms with Crippen LogP contribution in [0, 0.1) is 11.8 Å². The van der Waals surface area contributed by atoms with Gasteiger partial charge in [0, 0.05) is 0 Å². The van der Waals surface area contributed by atoms with Gasteiger partial charge in [-0.3, -0.25) is 0 Å². The molecule has 0 aliphatic rings. The average molecular weight is 367 g/mol. The molecule has 0 spiro atoms. The first-order chi connectivity index (χ1) is 13.0. The Labute approximate surface area is 165 Å². The fourth-order valence-electron chi connectivity index (χ4n) is 3.15. The van der Waals surface area contributed by atoms with Crippen LogP contribution in [-0.2, 0) is 0 Å². The molecule has 1 unspecified atom stereocenters. The molecule has 0 saturated heterocycles. The Hall–Kier alpha value is -2.22. The van der Waals surface area contributed by atoms with Crippen molar-refractivity contribution in [1.82, 2.24) is 0 Å². The SMILES string of the molecule is C=C(c1cccc(OC)c1)c1cccc(OCCC(C)CCCC(C)C)c1. The lowest BCUT2D eigenvalue weighted by molar-refractivity contribution is 0.275. The smallest absolute Gasteiger partial charge is 0.119 e. The van der Waals surface area contributed by atoms with Gasteiger partial charge in [0.25, 0.3) is 0 Å². The Morgan fingerprint density at radius 1 is 0.889 bits per heavy atom. The van der Waals surface area contributed by atoms with Crippen molar-refractivity contribution in [2.24, 2.45) is 11.8 Å². The first-order valence-corrected chi connectivity index (χ1v) is 10.1. The lowest BCUT2D eigenvalue weighted by Crippen LogP contribution is -2.05. The minimum Gasteiger partial charge on any atom is -0.497 e. The highest BCUT2D eigenvalue weighted by molar-refractivity contribution is 5.79. The predicted molar refractivity (Wildman–Crippen MR) is 116 cm³/mol. The summed E-state index contributed by atoms with van der Waals surface area (Å²) >= 11 is 0. The molecular formula is C25H34O2. The van der Waals surface area contributed by atoms with Crippen LogP contribution in [0.5, 0.6) is 11.5 Å². The van der Waals surface area contributed by atoms with Gasteiger partial charge in [0.1, 0.15) is 11.5 Å². The van der Waals surface area contributed by atoms with E-state index in [1.54, 1.807) is 7.11 Å². The molecule has 0 aliphatic heterocycles. The van der Waals surface area contributed by atoms with E-state index < -0.39 is 0 Å². The van der Waals surface area contributed by atoms with E-state index in [1.807, 2.05) is 30.3 Å². The Morgan fingerprint density at radius 3 is 2.15 bits per heavy atom. The predicted octanol–water partition coefficient (Wildman–Crippen LogP) is 6.99. The van der Waals surface area contributed by atoms with Crippen molar-refractivity contribution in [3.8, 4) is 11.5 Å². The van der Waals surface area contributed by atoms with Crippen molar-refractivity contribution in [3.63, 3.8) is 0 Å². The molecule has 0 saturated carbocycles. The minimum absolute atomic E-state index is 0.707. The Bertz CT molecular complexity index is 718. The van der Waals surface area contributed by atoms with Crippen molar-refractivity contribution in [1.29, 1.82) is 0 Å². The van der Waals surface area contributed by atoms with Crippen LogP contribution in [0.3, 0.4) is 0 Å². The zero-order chi connectivity index (χ0) is 19.6. The highest BCUT2D eigenvalue weighted by Gasteiger charge is 2.07. The van der Waals surface area contributed by atoms with Gasteiger partial charge in [0.2, 0.25) is 0 Å². The largest absolute Gasteiger partial charge is 0.497 e. The van der Waals surface area contributed by atoms with Gasteiger partial charge >= 0.3 is 0 Å². The summed E-state index contributed by atoms with van der Waals surface area (Å²) in [4.78, 5) is 0. The molecule has 0 N–H and O–H groups in total. The quantitative estimate of drug-likeness (QED) is 0.427. The average Bonchev–Trinajstić information content (AvgIpc) is 2.67. The molecule has 1 atom stereocenters. The molecule has 0 amide bonds. The molecule has 0 bridgehead atoms. The van der Waals surface area contributed by atoms with Gasteiger partial charge in [-0.15, -0.1) is 0 Å². The van der Waals surface area contributed by atoms with Crippen LogP contribution in [0.4, 0.5) is 0 Å². The van der Waals surface area contributed by atoms with Crippen LogP contribution in [0.1, 0.15) is 57.6 Å². The van der Waals surface area contributed by atoms with Gasteiger partial charge < -0.3 is 9.47 Å². The topological polar surface area (TPSA) is 18.5 Å². The van der Waals surface area contributed by atoms with Crippen LogP contribution >= 0.6 is 0 Å². The third-order valence-electron chi connectivity index (χ3n) is 4.96. The lowest BCUT2D eigenvalue weighted by atomic mass is 9.97. The minimum atomic E-state index is 0.707. The molecule has 0 aromatic heterocycles. The van der Waals surface area contributed by atoms with E-state index in [1.165, 1.54) is 19.3 Å². The maximum absolute atomic E-state index is 6.01. The number of methoxy groups -OCH3 is 1. The fourth-order valence-corrected chi connectivity index (χ4v) is 3.15. The monoisotopic (exact) mass is 366 g/mol. The number of hydrogen-bond donors (Lipinski definition) is 0. The molecule has 0 fully saturated rings. The van der Waals surface area contributed by atoms with Gasteiger partial charge in [-0.1, -0.05) is 70.9 Å². The summed E-state index contributed by atoms with van der Waals surface area (Å²) in [5.41, 5.74) is 3.11. The van der Waals surface area contributed by atoms with Crippen molar-refractivity contribution in [3.05, 3.63) is 66.2 Å². The maximum atomic E-state index is 6.01. The molecule has 2 aromatic carbocycles. The van der Waals surface area contributed by atoms with E-state index in [-0.39, 0.29) is 0 Å². The van der Waals surface area contributed by atoms with Crippen molar-refractivity contribution >= 4 is 5.57 Å². The third kappa shape index (κ3) is 7.13. The van der Waals surface area contributed by atoms with Crippen molar-refractivity contribution in [2.75, 3.05) is 13.7 Å². The zero-order valence-corrected chi connectivity index (χ0v) is 17.3. The normalized spacial score (nSPS) is 12.0. The van der Waals surface area contributed by atoms with Gasteiger partial charge in [-0.2, -0.15) is 0 Å². The number of hydrogen-bond acceptors (Lipinski definition) is 2. The standard InChI is InChI=1S/C25H34O2/c1-19(2)9-6-10-20(3)15-16-27-25-14-8-12-23(18-25)21(4)22-11-7-13-24(17-22)26-5/h7-8,11-14,17-20H,4,6,9-10,15-16H2,1-3,5H3. The molecule has 0 aliphatic carbocycles. The Morgan fingerprint density at radius 2 is 1.52 bits per heavy atom. The highest BCUT2D eigenvalue weighted by atomic mass is 16.5. The molecule has 2 aromatic rings. The summed E-state index contributed by atoms with van der Waals surface area (Å²) in [7, 11) is 1.68.